The zero-order chi connectivity index (χ0) is 31.0. The van der Waals surface area contributed by atoms with Gasteiger partial charge < -0.3 is 31.3 Å². The van der Waals surface area contributed by atoms with E-state index in [0.717, 1.165) is 12.1 Å². The van der Waals surface area contributed by atoms with Crippen LogP contribution in [0.2, 0.25) is 0 Å². The molecular weight excluding hydrogens is 561 g/mol. The number of benzene rings is 2. The Kier molecular flexibility index (Phi) is 6.75. The summed E-state index contributed by atoms with van der Waals surface area (Å²) in [6, 6.07) is 6.85. The zero-order valence-electron chi connectivity index (χ0n) is 22.3. The molecule has 0 aromatic heterocycles. The number of primary amides is 1. The number of fused-ring (bicyclic) bond motifs is 3. The summed E-state index contributed by atoms with van der Waals surface area (Å²) in [6.45, 7) is 0. The Morgan fingerprint density at radius 1 is 1.05 bits per heavy atom. The molecule has 0 saturated carbocycles. The first-order valence-electron chi connectivity index (χ1n) is 12.8. The van der Waals surface area contributed by atoms with Crippen LogP contribution in [-0.4, -0.2) is 79.7 Å². The summed E-state index contributed by atoms with van der Waals surface area (Å²) in [7, 11) is 2.83. The lowest BCUT2D eigenvalue weighted by Gasteiger charge is -2.53. The van der Waals surface area contributed by atoms with Crippen LogP contribution in [0.1, 0.15) is 33.0 Å². The Morgan fingerprint density at radius 2 is 1.67 bits per heavy atom. The molecule has 3 aliphatic carbocycles. The molecule has 5 rings (SSSR count). The fraction of sp³-hybridized carbons (Fsp3) is 0.345. The molecule has 1 unspecified atom stereocenters. The second-order valence-corrected chi connectivity index (χ2v) is 11.0. The van der Waals surface area contributed by atoms with Crippen LogP contribution < -0.4 is 5.73 Å². The number of amides is 1. The number of aliphatic hydroxyl groups excluding tert-OH is 3. The smallest absolute Gasteiger partial charge is 0.416 e. The maximum Gasteiger partial charge on any atom is 0.416 e. The highest BCUT2D eigenvalue weighted by atomic mass is 19.4. The van der Waals surface area contributed by atoms with Crippen molar-refractivity contribution >= 4 is 17.5 Å². The second kappa shape index (κ2) is 9.68. The number of likely N-dealkylation sites (N-methyl/N-ethyl adjacent to an activating group) is 1. The number of aromatic hydroxyl groups is 1. The van der Waals surface area contributed by atoms with E-state index in [-0.39, 0.29) is 17.5 Å². The summed E-state index contributed by atoms with van der Waals surface area (Å²) in [4.78, 5) is 40.7. The number of carbonyl (C=O) groups is 3. The highest BCUT2D eigenvalue weighted by Crippen LogP contribution is 2.56. The van der Waals surface area contributed by atoms with Crippen LogP contribution >= 0.6 is 0 Å². The van der Waals surface area contributed by atoms with Gasteiger partial charge in [0, 0.05) is 11.5 Å². The predicted octanol–water partition coefficient (Wildman–Crippen LogP) is 1.89. The van der Waals surface area contributed by atoms with Crippen molar-refractivity contribution in [3.05, 3.63) is 87.4 Å². The number of Topliss-reactive ketones (excluding diaryl/α,β-unsaturated/α-hetero) is 2. The first kappa shape index (κ1) is 29.3. The molecule has 2 aromatic rings. The molecule has 42 heavy (non-hydrogen) atoms. The van der Waals surface area contributed by atoms with Gasteiger partial charge in [0.2, 0.25) is 5.78 Å². The summed E-state index contributed by atoms with van der Waals surface area (Å²) >= 11 is 0. The lowest BCUT2D eigenvalue weighted by atomic mass is 9.54. The van der Waals surface area contributed by atoms with E-state index in [0.29, 0.717) is 5.56 Å². The number of carbonyl (C=O) groups excluding carboxylic acids is 3. The maximum atomic E-state index is 13.8. The van der Waals surface area contributed by atoms with Crippen molar-refractivity contribution in [3.8, 4) is 5.75 Å². The third kappa shape index (κ3) is 4.02. The van der Waals surface area contributed by atoms with Crippen LogP contribution in [0.5, 0.6) is 5.75 Å². The van der Waals surface area contributed by atoms with Crippen molar-refractivity contribution in [2.24, 2.45) is 17.6 Å². The van der Waals surface area contributed by atoms with Crippen molar-refractivity contribution in [2.75, 3.05) is 14.1 Å². The molecule has 222 valence electrons. The van der Waals surface area contributed by atoms with Crippen LogP contribution in [0.3, 0.4) is 0 Å². The third-order valence-corrected chi connectivity index (χ3v) is 8.54. The number of hydrogen-bond donors (Lipinski definition) is 6. The van der Waals surface area contributed by atoms with Gasteiger partial charge in [-0.05, 0) is 55.8 Å². The zero-order valence-corrected chi connectivity index (χ0v) is 22.3. The lowest BCUT2D eigenvalue weighted by Crippen LogP contribution is -2.68. The molecule has 3 aliphatic rings. The van der Waals surface area contributed by atoms with E-state index in [9.17, 15) is 53.1 Å². The average molecular weight is 589 g/mol. The van der Waals surface area contributed by atoms with E-state index >= 15 is 0 Å². The molecule has 7 N–H and O–H groups in total. The summed E-state index contributed by atoms with van der Waals surface area (Å²) in [6.07, 6.45) is -6.53. The topological polar surface area (TPSA) is 182 Å². The van der Waals surface area contributed by atoms with Gasteiger partial charge in [-0.3, -0.25) is 19.3 Å². The molecule has 13 heteroatoms. The monoisotopic (exact) mass is 588 g/mol. The molecule has 0 heterocycles. The molecule has 10 nitrogen and oxygen atoms in total. The van der Waals surface area contributed by atoms with Crippen LogP contribution in [-0.2, 0) is 22.2 Å². The minimum Gasteiger partial charge on any atom is -0.510 e. The van der Waals surface area contributed by atoms with E-state index in [1.807, 2.05) is 0 Å². The molecule has 2 aromatic carbocycles. The molecule has 6 atom stereocenters. The van der Waals surface area contributed by atoms with E-state index in [1.165, 1.54) is 49.3 Å². The Morgan fingerprint density at radius 3 is 2.21 bits per heavy atom. The second-order valence-electron chi connectivity index (χ2n) is 11.0. The number of nitrogens with two attached hydrogens (primary N) is 1. The van der Waals surface area contributed by atoms with Crippen LogP contribution in [0.25, 0.3) is 0 Å². The number of aliphatic hydroxyl groups is 4. The summed E-state index contributed by atoms with van der Waals surface area (Å²) in [5, 5.41) is 56.8. The van der Waals surface area contributed by atoms with Gasteiger partial charge in [0.15, 0.2) is 11.4 Å². The number of ketones is 2. The number of alkyl halides is 3. The number of phenolic OH excluding ortho intramolecular Hbond substituents is 1. The first-order chi connectivity index (χ1) is 19.5. The molecule has 0 radical (unpaired) electrons. The Balaban J connectivity index is 1.75. The van der Waals surface area contributed by atoms with Crippen LogP contribution in [0, 0.1) is 11.8 Å². The van der Waals surface area contributed by atoms with Gasteiger partial charge in [0.1, 0.15) is 22.8 Å². The Bertz CT molecular complexity index is 1580. The van der Waals surface area contributed by atoms with Crippen molar-refractivity contribution in [1.82, 2.24) is 4.90 Å². The Hall–Kier alpha value is -4.20. The molecule has 1 amide bonds. The van der Waals surface area contributed by atoms with Gasteiger partial charge in [-0.2, -0.15) is 13.2 Å². The molecular formula is C29H27F3N2O8. The summed E-state index contributed by atoms with van der Waals surface area (Å²) in [5.41, 5.74) is 0.00231. The first-order valence-corrected chi connectivity index (χ1v) is 12.8. The van der Waals surface area contributed by atoms with Crippen molar-refractivity contribution in [1.29, 1.82) is 0 Å². The van der Waals surface area contributed by atoms with E-state index in [2.05, 4.69) is 0 Å². The SMILES string of the molecule is CN(C)[C@@H]1C(O)=C(C(N)=O)C(=O)[C@@]2(O)C(O)=C3C(=O)c4c(O)cccc4C(Cc4ccc(C(F)(F)F)cc4)[C@H]3[C@H](O)[C@@H]12. The lowest BCUT2D eigenvalue weighted by molar-refractivity contribution is -0.162. The standard InChI is InChI=1S/C29H27F3N2O8/c1-34(2)21-20-23(37)17-14(10-11-6-8-12(9-7-11)29(30,31)32)13-4-3-5-15(35)16(13)22(36)18(17)25(39)28(20,42)26(40)19(24(21)38)27(33)41/h3-9,14,17,20-21,23,35,37-39,42H,10H2,1-2H3,(H2,33,41)/t14?,17-,20-,21+,23+,28+/m1/s1. The van der Waals surface area contributed by atoms with E-state index in [4.69, 9.17) is 5.73 Å². The molecule has 0 bridgehead atoms. The molecule has 0 fully saturated rings. The molecule has 0 spiro atoms. The Labute approximate surface area is 236 Å². The summed E-state index contributed by atoms with van der Waals surface area (Å²) < 4.78 is 39.5. The normalized spacial score (nSPS) is 29.4. The largest absolute Gasteiger partial charge is 0.510 e. The number of phenols is 1. The van der Waals surface area contributed by atoms with E-state index in [1.54, 1.807) is 0 Å². The van der Waals surface area contributed by atoms with Gasteiger partial charge >= 0.3 is 6.18 Å². The van der Waals surface area contributed by atoms with Crippen molar-refractivity contribution < 1.29 is 53.1 Å². The maximum absolute atomic E-state index is 13.8. The van der Waals surface area contributed by atoms with Crippen molar-refractivity contribution in [3.63, 3.8) is 0 Å². The quantitative estimate of drug-likeness (QED) is 0.291. The van der Waals surface area contributed by atoms with Crippen LogP contribution in [0.4, 0.5) is 13.2 Å². The van der Waals surface area contributed by atoms with Gasteiger partial charge in [0.25, 0.3) is 5.91 Å². The van der Waals surface area contributed by atoms with Gasteiger partial charge in [-0.1, -0.05) is 24.3 Å². The highest BCUT2D eigenvalue weighted by molar-refractivity contribution is 6.25. The molecule has 0 saturated heterocycles. The number of rotatable bonds is 4. The van der Waals surface area contributed by atoms with E-state index < -0.39 is 93.1 Å². The third-order valence-electron chi connectivity index (χ3n) is 8.54. The average Bonchev–Trinajstić information content (AvgIpc) is 2.89. The minimum atomic E-state index is -4.59. The van der Waals surface area contributed by atoms with Crippen LogP contribution in [0.15, 0.2) is 65.1 Å². The number of nitrogens with zero attached hydrogens (tertiary/aromatic N) is 1. The number of hydrogen-bond acceptors (Lipinski definition) is 9. The van der Waals surface area contributed by atoms with Crippen molar-refractivity contribution in [2.45, 2.75) is 36.3 Å². The van der Waals surface area contributed by atoms with Gasteiger partial charge in [0.05, 0.1) is 29.2 Å². The summed E-state index contributed by atoms with van der Waals surface area (Å²) in [5.74, 6) is -10.5. The fourth-order valence-electron chi connectivity index (χ4n) is 6.73. The minimum absolute atomic E-state index is 0.0968. The predicted molar refractivity (Wildman–Crippen MR) is 139 cm³/mol. The highest BCUT2D eigenvalue weighted by Gasteiger charge is 2.67. The number of halogens is 3. The fourth-order valence-corrected chi connectivity index (χ4v) is 6.73. The van der Waals surface area contributed by atoms with Gasteiger partial charge in [-0.25, -0.2) is 0 Å². The molecule has 0 aliphatic heterocycles. The van der Waals surface area contributed by atoms with Gasteiger partial charge in [-0.15, -0.1) is 0 Å².